The van der Waals surface area contributed by atoms with E-state index in [-0.39, 0.29) is 17.3 Å². The molecule has 3 unspecified atom stereocenters. The third-order valence-corrected chi connectivity index (χ3v) is 3.25. The fourth-order valence-corrected chi connectivity index (χ4v) is 2.75. The number of hydrogen-bond donors (Lipinski definition) is 2. The van der Waals surface area contributed by atoms with Crippen LogP contribution in [-0.2, 0) is 4.74 Å². The summed E-state index contributed by atoms with van der Waals surface area (Å²) in [7, 11) is 0. The second-order valence-corrected chi connectivity index (χ2v) is 6.37. The van der Waals surface area contributed by atoms with Crippen LogP contribution >= 0.6 is 0 Å². The normalized spacial score (nSPS) is 31.3. The van der Waals surface area contributed by atoms with Gasteiger partial charge < -0.3 is 15.2 Å². The topological polar surface area (TPSA) is 41.5 Å². The van der Waals surface area contributed by atoms with Crippen molar-refractivity contribution in [2.24, 2.45) is 0 Å². The molecule has 3 atom stereocenters. The predicted octanol–water partition coefficient (Wildman–Crippen LogP) is 2.08. The van der Waals surface area contributed by atoms with Crippen LogP contribution in [0.4, 0.5) is 0 Å². The Hall–Kier alpha value is -0.120. The summed E-state index contributed by atoms with van der Waals surface area (Å²) in [5, 5.41) is 12.9. The van der Waals surface area contributed by atoms with Gasteiger partial charge in [-0.15, -0.1) is 0 Å². The van der Waals surface area contributed by atoms with Crippen molar-refractivity contribution in [3.8, 4) is 0 Å². The maximum atomic E-state index is 9.36. The molecule has 1 aliphatic rings. The van der Waals surface area contributed by atoms with Crippen LogP contribution in [0, 0.1) is 0 Å². The van der Waals surface area contributed by atoms with Crippen LogP contribution in [0.3, 0.4) is 0 Å². The summed E-state index contributed by atoms with van der Waals surface area (Å²) >= 11 is 0. The van der Waals surface area contributed by atoms with E-state index in [1.807, 2.05) is 6.92 Å². The van der Waals surface area contributed by atoms with Gasteiger partial charge in [-0.05, 0) is 54.4 Å². The lowest BCUT2D eigenvalue weighted by Gasteiger charge is -2.30. The Bertz CT molecular complexity index is 236. The molecule has 1 heterocycles. The number of aliphatic hydroxyl groups is 1. The molecule has 1 aliphatic heterocycles. The monoisotopic (exact) mass is 229 g/mol. The molecule has 0 radical (unpaired) electrons. The number of ether oxygens (including phenoxy) is 1. The van der Waals surface area contributed by atoms with Gasteiger partial charge in [-0.25, -0.2) is 0 Å². The highest BCUT2D eigenvalue weighted by molar-refractivity contribution is 4.99. The smallest absolute Gasteiger partial charge is 0.0787 e. The predicted molar refractivity (Wildman–Crippen MR) is 66.5 cm³/mol. The van der Waals surface area contributed by atoms with Crippen LogP contribution in [0.25, 0.3) is 0 Å². The molecule has 0 aromatic heterocycles. The SMILES string of the molecule is CC(O)CC(C)NC1CC(C)(C)OC1(C)C. The van der Waals surface area contributed by atoms with Crippen LogP contribution < -0.4 is 5.32 Å². The summed E-state index contributed by atoms with van der Waals surface area (Å²) in [6, 6.07) is 0.679. The van der Waals surface area contributed by atoms with E-state index in [0.29, 0.717) is 12.1 Å². The summed E-state index contributed by atoms with van der Waals surface area (Å²) in [6.07, 6.45) is 1.55. The summed E-state index contributed by atoms with van der Waals surface area (Å²) in [4.78, 5) is 0. The maximum absolute atomic E-state index is 9.36. The van der Waals surface area contributed by atoms with Crippen LogP contribution in [0.1, 0.15) is 54.4 Å². The van der Waals surface area contributed by atoms with Gasteiger partial charge in [0.05, 0.1) is 17.3 Å². The van der Waals surface area contributed by atoms with Crippen molar-refractivity contribution in [2.45, 2.75) is 83.8 Å². The Balaban J connectivity index is 2.54. The van der Waals surface area contributed by atoms with Crippen molar-refractivity contribution >= 4 is 0 Å². The van der Waals surface area contributed by atoms with Crippen molar-refractivity contribution < 1.29 is 9.84 Å². The van der Waals surface area contributed by atoms with Crippen molar-refractivity contribution in [2.75, 3.05) is 0 Å². The first-order chi connectivity index (χ1) is 7.12. The van der Waals surface area contributed by atoms with Gasteiger partial charge in [0.15, 0.2) is 0 Å². The number of rotatable bonds is 4. The summed E-state index contributed by atoms with van der Waals surface area (Å²) in [5.41, 5.74) is -0.178. The molecule has 3 heteroatoms. The lowest BCUT2D eigenvalue weighted by molar-refractivity contribution is -0.0706. The molecule has 16 heavy (non-hydrogen) atoms. The molecule has 3 nitrogen and oxygen atoms in total. The van der Waals surface area contributed by atoms with Crippen LogP contribution in [0.5, 0.6) is 0 Å². The molecule has 0 aromatic rings. The highest BCUT2D eigenvalue weighted by Crippen LogP contribution is 2.37. The molecule has 1 fully saturated rings. The molecule has 2 N–H and O–H groups in total. The third kappa shape index (κ3) is 3.72. The molecule has 0 aliphatic carbocycles. The first-order valence-electron chi connectivity index (χ1n) is 6.27. The Morgan fingerprint density at radius 1 is 1.31 bits per heavy atom. The Morgan fingerprint density at radius 3 is 2.25 bits per heavy atom. The fraction of sp³-hybridized carbons (Fsp3) is 1.00. The number of hydrogen-bond acceptors (Lipinski definition) is 3. The Kier molecular flexibility index (Phi) is 4.04. The minimum atomic E-state index is -0.249. The molecule has 1 saturated heterocycles. The Labute approximate surface area is 99.6 Å². The second kappa shape index (κ2) is 4.63. The van der Waals surface area contributed by atoms with Gasteiger partial charge in [-0.2, -0.15) is 0 Å². The first-order valence-corrected chi connectivity index (χ1v) is 6.27. The van der Waals surface area contributed by atoms with Crippen molar-refractivity contribution in [3.05, 3.63) is 0 Å². The quantitative estimate of drug-likeness (QED) is 0.775. The highest BCUT2D eigenvalue weighted by Gasteiger charge is 2.45. The van der Waals surface area contributed by atoms with E-state index in [1.165, 1.54) is 0 Å². The van der Waals surface area contributed by atoms with E-state index in [9.17, 15) is 5.11 Å². The molecule has 0 saturated carbocycles. The molecule has 0 amide bonds. The maximum Gasteiger partial charge on any atom is 0.0787 e. The van der Waals surface area contributed by atoms with Crippen LogP contribution in [0.2, 0.25) is 0 Å². The van der Waals surface area contributed by atoms with E-state index in [1.54, 1.807) is 0 Å². The minimum Gasteiger partial charge on any atom is -0.393 e. The average molecular weight is 229 g/mol. The Morgan fingerprint density at radius 2 is 1.88 bits per heavy atom. The van der Waals surface area contributed by atoms with E-state index in [4.69, 9.17) is 4.74 Å². The average Bonchev–Trinajstić information content (AvgIpc) is 2.16. The van der Waals surface area contributed by atoms with Crippen LogP contribution in [-0.4, -0.2) is 34.5 Å². The third-order valence-electron chi connectivity index (χ3n) is 3.25. The molecule has 1 rings (SSSR count). The number of aliphatic hydroxyl groups excluding tert-OH is 1. The largest absolute Gasteiger partial charge is 0.393 e. The molecule has 96 valence electrons. The standard InChI is InChI=1S/C13H27NO2/c1-9(7-10(2)15)14-11-8-12(3,4)16-13(11,5)6/h9-11,14-15H,7-8H2,1-6H3. The fourth-order valence-electron chi connectivity index (χ4n) is 2.75. The van der Waals surface area contributed by atoms with E-state index in [2.05, 4.69) is 39.9 Å². The van der Waals surface area contributed by atoms with E-state index >= 15 is 0 Å². The zero-order chi connectivity index (χ0) is 12.6. The van der Waals surface area contributed by atoms with Gasteiger partial charge in [0, 0.05) is 12.1 Å². The van der Waals surface area contributed by atoms with Gasteiger partial charge in [0.2, 0.25) is 0 Å². The zero-order valence-electron chi connectivity index (χ0n) is 11.5. The van der Waals surface area contributed by atoms with Gasteiger partial charge >= 0.3 is 0 Å². The van der Waals surface area contributed by atoms with E-state index < -0.39 is 0 Å². The molecular weight excluding hydrogens is 202 g/mol. The van der Waals surface area contributed by atoms with Crippen molar-refractivity contribution in [1.29, 1.82) is 0 Å². The second-order valence-electron chi connectivity index (χ2n) is 6.37. The highest BCUT2D eigenvalue weighted by atomic mass is 16.5. The first kappa shape index (κ1) is 13.9. The summed E-state index contributed by atoms with van der Waals surface area (Å²) in [6.45, 7) is 12.5. The molecule has 0 bridgehead atoms. The molecule has 0 spiro atoms. The summed E-state index contributed by atoms with van der Waals surface area (Å²) < 4.78 is 6.03. The van der Waals surface area contributed by atoms with Crippen molar-refractivity contribution in [1.82, 2.24) is 5.32 Å². The van der Waals surface area contributed by atoms with Gasteiger partial charge in [-0.1, -0.05) is 0 Å². The lowest BCUT2D eigenvalue weighted by atomic mass is 9.93. The van der Waals surface area contributed by atoms with Gasteiger partial charge in [-0.3, -0.25) is 0 Å². The minimum absolute atomic E-state index is 0.0499. The lowest BCUT2D eigenvalue weighted by Crippen LogP contribution is -2.47. The molecular formula is C13H27NO2. The summed E-state index contributed by atoms with van der Waals surface area (Å²) in [5.74, 6) is 0. The van der Waals surface area contributed by atoms with E-state index in [0.717, 1.165) is 12.8 Å². The van der Waals surface area contributed by atoms with Crippen molar-refractivity contribution in [3.63, 3.8) is 0 Å². The van der Waals surface area contributed by atoms with Gasteiger partial charge in [0.1, 0.15) is 0 Å². The molecule has 0 aromatic carbocycles. The number of nitrogens with one attached hydrogen (secondary N) is 1. The van der Waals surface area contributed by atoms with Gasteiger partial charge in [0.25, 0.3) is 0 Å². The zero-order valence-corrected chi connectivity index (χ0v) is 11.5. The van der Waals surface area contributed by atoms with Crippen LogP contribution in [0.15, 0.2) is 0 Å².